The Morgan fingerprint density at radius 1 is 1.04 bits per heavy atom. The molecule has 0 aliphatic rings. The van der Waals surface area contributed by atoms with E-state index in [-0.39, 0.29) is 11.3 Å². The van der Waals surface area contributed by atoms with Gasteiger partial charge in [0.15, 0.2) is 0 Å². The van der Waals surface area contributed by atoms with Crippen molar-refractivity contribution >= 4 is 17.7 Å². The van der Waals surface area contributed by atoms with Crippen molar-refractivity contribution in [1.29, 1.82) is 0 Å². The molecule has 0 aromatic heterocycles. The van der Waals surface area contributed by atoms with E-state index >= 15 is 0 Å². The molecule has 0 fully saturated rings. The molecule has 2 rings (SSSR count). The molecule has 0 radical (unpaired) electrons. The van der Waals surface area contributed by atoms with E-state index in [1.165, 1.54) is 5.56 Å². The fraction of sp³-hybridized carbons (Fsp3) is 0.286. The van der Waals surface area contributed by atoms with Crippen molar-refractivity contribution in [3.63, 3.8) is 0 Å². The second-order valence-electron chi connectivity index (χ2n) is 6.65. The van der Waals surface area contributed by atoms with Crippen molar-refractivity contribution in [3.05, 3.63) is 65.7 Å². The van der Waals surface area contributed by atoms with Crippen LogP contribution in [0.25, 0.3) is 6.08 Å². The lowest BCUT2D eigenvalue weighted by molar-refractivity contribution is -0.111. The minimum Gasteiger partial charge on any atom is -0.494 e. The number of benzene rings is 2. The smallest absolute Gasteiger partial charge is 0.248 e. The summed E-state index contributed by atoms with van der Waals surface area (Å²) in [4.78, 5) is 12.0. The molecule has 3 heteroatoms. The Morgan fingerprint density at radius 2 is 1.67 bits per heavy atom. The standard InChI is InChI=1S/C21H25NO2/c1-5-24-19-13-11-18(12-14-19)22-20(23)15-8-16-6-9-17(10-7-16)21(2,3)4/h6-15H,5H2,1-4H3,(H,22,23)/b15-8+. The first-order valence-electron chi connectivity index (χ1n) is 8.21. The number of nitrogens with one attached hydrogen (secondary N) is 1. The second kappa shape index (κ2) is 7.82. The first-order chi connectivity index (χ1) is 11.4. The average molecular weight is 323 g/mol. The summed E-state index contributed by atoms with van der Waals surface area (Å²) in [6.45, 7) is 9.11. The lowest BCUT2D eigenvalue weighted by atomic mass is 9.87. The highest BCUT2D eigenvalue weighted by atomic mass is 16.5. The minimum absolute atomic E-state index is 0.132. The van der Waals surface area contributed by atoms with Gasteiger partial charge in [-0.3, -0.25) is 4.79 Å². The van der Waals surface area contributed by atoms with Crippen molar-refractivity contribution < 1.29 is 9.53 Å². The van der Waals surface area contributed by atoms with Crippen LogP contribution in [0.1, 0.15) is 38.8 Å². The van der Waals surface area contributed by atoms with Gasteiger partial charge in [-0.1, -0.05) is 45.0 Å². The Labute approximate surface area is 144 Å². The maximum Gasteiger partial charge on any atom is 0.248 e. The zero-order valence-electron chi connectivity index (χ0n) is 14.8. The Hall–Kier alpha value is -2.55. The number of hydrogen-bond acceptors (Lipinski definition) is 2. The molecule has 24 heavy (non-hydrogen) atoms. The van der Waals surface area contributed by atoms with Gasteiger partial charge in [-0.2, -0.15) is 0 Å². The lowest BCUT2D eigenvalue weighted by Crippen LogP contribution is -2.10. The zero-order chi connectivity index (χ0) is 17.6. The van der Waals surface area contributed by atoms with Crippen molar-refractivity contribution in [3.8, 4) is 5.75 Å². The van der Waals surface area contributed by atoms with Crippen LogP contribution in [-0.2, 0) is 10.2 Å². The van der Waals surface area contributed by atoms with Gasteiger partial charge in [-0.05, 0) is 53.8 Å². The fourth-order valence-corrected chi connectivity index (χ4v) is 2.25. The third-order valence-electron chi connectivity index (χ3n) is 3.64. The van der Waals surface area contributed by atoms with E-state index in [2.05, 4.69) is 38.2 Å². The van der Waals surface area contributed by atoms with Gasteiger partial charge in [-0.15, -0.1) is 0 Å². The second-order valence-corrected chi connectivity index (χ2v) is 6.65. The fourth-order valence-electron chi connectivity index (χ4n) is 2.25. The van der Waals surface area contributed by atoms with Crippen molar-refractivity contribution in [2.75, 3.05) is 11.9 Å². The monoisotopic (exact) mass is 323 g/mol. The summed E-state index contributed by atoms with van der Waals surface area (Å²) < 4.78 is 5.38. The van der Waals surface area contributed by atoms with Crippen LogP contribution < -0.4 is 10.1 Å². The first kappa shape index (κ1) is 17.8. The number of amides is 1. The molecule has 1 N–H and O–H groups in total. The van der Waals surface area contributed by atoms with Gasteiger partial charge >= 0.3 is 0 Å². The molecular formula is C21H25NO2. The number of carbonyl (C=O) groups is 1. The van der Waals surface area contributed by atoms with Gasteiger partial charge in [0.25, 0.3) is 0 Å². The van der Waals surface area contributed by atoms with Crippen LogP contribution in [0, 0.1) is 0 Å². The van der Waals surface area contributed by atoms with Crippen LogP contribution >= 0.6 is 0 Å². The molecule has 0 saturated heterocycles. The van der Waals surface area contributed by atoms with Crippen LogP contribution in [-0.4, -0.2) is 12.5 Å². The van der Waals surface area contributed by atoms with Gasteiger partial charge in [0.2, 0.25) is 5.91 Å². The lowest BCUT2D eigenvalue weighted by Gasteiger charge is -2.18. The maximum atomic E-state index is 12.0. The number of carbonyl (C=O) groups excluding carboxylic acids is 1. The van der Waals surface area contributed by atoms with Crippen molar-refractivity contribution in [2.45, 2.75) is 33.1 Å². The number of anilines is 1. The molecule has 2 aromatic rings. The molecule has 1 amide bonds. The summed E-state index contributed by atoms with van der Waals surface area (Å²) in [6, 6.07) is 15.6. The summed E-state index contributed by atoms with van der Waals surface area (Å²) in [7, 11) is 0. The van der Waals surface area contributed by atoms with Gasteiger partial charge in [0.1, 0.15) is 5.75 Å². The predicted octanol–water partition coefficient (Wildman–Crippen LogP) is 5.03. The number of rotatable bonds is 5. The molecule has 0 atom stereocenters. The third kappa shape index (κ3) is 5.27. The summed E-state index contributed by atoms with van der Waals surface area (Å²) in [5.74, 6) is 0.643. The zero-order valence-corrected chi connectivity index (χ0v) is 14.8. The normalized spacial score (nSPS) is 11.5. The van der Waals surface area contributed by atoms with E-state index in [9.17, 15) is 4.79 Å². The Kier molecular flexibility index (Phi) is 5.80. The molecule has 0 heterocycles. The van der Waals surface area contributed by atoms with E-state index in [0.29, 0.717) is 6.61 Å². The topological polar surface area (TPSA) is 38.3 Å². The van der Waals surface area contributed by atoms with E-state index < -0.39 is 0 Å². The predicted molar refractivity (Wildman–Crippen MR) is 100 cm³/mol. The maximum absolute atomic E-state index is 12.0. The van der Waals surface area contributed by atoms with E-state index in [4.69, 9.17) is 4.74 Å². The Morgan fingerprint density at radius 3 is 2.21 bits per heavy atom. The summed E-state index contributed by atoms with van der Waals surface area (Å²) in [5.41, 5.74) is 3.16. The van der Waals surface area contributed by atoms with E-state index in [1.807, 2.05) is 49.4 Å². The van der Waals surface area contributed by atoms with Gasteiger partial charge in [0, 0.05) is 11.8 Å². The molecule has 0 spiro atoms. The molecule has 126 valence electrons. The molecule has 3 nitrogen and oxygen atoms in total. The van der Waals surface area contributed by atoms with Crippen LogP contribution in [0.15, 0.2) is 54.6 Å². The summed E-state index contributed by atoms with van der Waals surface area (Å²) in [6.07, 6.45) is 3.36. The van der Waals surface area contributed by atoms with Gasteiger partial charge < -0.3 is 10.1 Å². The summed E-state index contributed by atoms with van der Waals surface area (Å²) >= 11 is 0. The van der Waals surface area contributed by atoms with Crippen molar-refractivity contribution in [1.82, 2.24) is 0 Å². The highest BCUT2D eigenvalue weighted by Crippen LogP contribution is 2.22. The molecule has 0 saturated carbocycles. The van der Waals surface area contributed by atoms with Gasteiger partial charge in [0.05, 0.1) is 6.61 Å². The highest BCUT2D eigenvalue weighted by Gasteiger charge is 2.12. The van der Waals surface area contributed by atoms with Crippen molar-refractivity contribution in [2.24, 2.45) is 0 Å². The Bertz CT molecular complexity index is 692. The average Bonchev–Trinajstić information content (AvgIpc) is 2.55. The minimum atomic E-state index is -0.154. The van der Waals surface area contributed by atoms with Gasteiger partial charge in [-0.25, -0.2) is 0 Å². The highest BCUT2D eigenvalue weighted by molar-refractivity contribution is 6.01. The first-order valence-corrected chi connectivity index (χ1v) is 8.21. The van der Waals surface area contributed by atoms with E-state index in [0.717, 1.165) is 17.0 Å². The number of hydrogen-bond donors (Lipinski definition) is 1. The SMILES string of the molecule is CCOc1ccc(NC(=O)/C=C/c2ccc(C(C)(C)C)cc2)cc1. The Balaban J connectivity index is 1.95. The molecule has 0 unspecified atom stereocenters. The third-order valence-corrected chi connectivity index (χ3v) is 3.64. The largest absolute Gasteiger partial charge is 0.494 e. The molecule has 0 aliphatic carbocycles. The quantitative estimate of drug-likeness (QED) is 0.783. The van der Waals surface area contributed by atoms with E-state index in [1.54, 1.807) is 6.08 Å². The molecule has 0 bridgehead atoms. The molecule has 0 aliphatic heterocycles. The van der Waals surface area contributed by atoms with Crippen LogP contribution in [0.5, 0.6) is 5.75 Å². The summed E-state index contributed by atoms with van der Waals surface area (Å²) in [5, 5.41) is 2.84. The molecular weight excluding hydrogens is 298 g/mol. The number of ether oxygens (including phenoxy) is 1. The van der Waals surface area contributed by atoms with Crippen LogP contribution in [0.2, 0.25) is 0 Å². The van der Waals surface area contributed by atoms with Crippen LogP contribution in [0.4, 0.5) is 5.69 Å². The van der Waals surface area contributed by atoms with Crippen LogP contribution in [0.3, 0.4) is 0 Å². The molecule has 2 aromatic carbocycles.